The number of nitrogens with zero attached hydrogens (tertiary/aromatic N) is 3. The van der Waals surface area contributed by atoms with Crippen LogP contribution >= 0.6 is 0 Å². The number of imidazole rings is 1. The van der Waals surface area contributed by atoms with Crippen molar-refractivity contribution in [3.63, 3.8) is 0 Å². The molecule has 3 rings (SSSR count). The molecule has 0 bridgehead atoms. The molecular formula is C15H20N4O. The van der Waals surface area contributed by atoms with Gasteiger partial charge >= 0.3 is 0 Å². The number of nitrogens with one attached hydrogen (secondary N) is 1. The molecule has 1 aliphatic heterocycles. The van der Waals surface area contributed by atoms with Gasteiger partial charge < -0.3 is 19.5 Å². The van der Waals surface area contributed by atoms with Gasteiger partial charge in [0, 0.05) is 51.3 Å². The highest BCUT2D eigenvalue weighted by Gasteiger charge is 2.10. The van der Waals surface area contributed by atoms with Gasteiger partial charge in [-0.2, -0.15) is 0 Å². The summed E-state index contributed by atoms with van der Waals surface area (Å²) in [6.07, 6.45) is 3.71. The molecule has 2 heterocycles. The molecule has 1 aliphatic rings. The molecule has 0 atom stereocenters. The molecule has 1 saturated heterocycles. The minimum absolute atomic E-state index is 0.497. The van der Waals surface area contributed by atoms with Crippen LogP contribution in [0.1, 0.15) is 5.82 Å². The van der Waals surface area contributed by atoms with Gasteiger partial charge in [0.1, 0.15) is 18.2 Å². The highest BCUT2D eigenvalue weighted by atomic mass is 16.5. The van der Waals surface area contributed by atoms with Gasteiger partial charge in [-0.05, 0) is 24.3 Å². The van der Waals surface area contributed by atoms with Crippen molar-refractivity contribution in [2.75, 3.05) is 31.1 Å². The lowest BCUT2D eigenvalue weighted by Gasteiger charge is -2.29. The summed E-state index contributed by atoms with van der Waals surface area (Å²) in [7, 11) is 1.97. The Morgan fingerprint density at radius 2 is 1.95 bits per heavy atom. The van der Waals surface area contributed by atoms with Crippen LogP contribution in [0.25, 0.3) is 0 Å². The summed E-state index contributed by atoms with van der Waals surface area (Å²) in [6.45, 7) is 4.73. The molecule has 0 amide bonds. The second-order valence-electron chi connectivity index (χ2n) is 4.97. The first-order valence-electron chi connectivity index (χ1n) is 6.98. The van der Waals surface area contributed by atoms with E-state index in [0.717, 1.165) is 37.8 Å². The average Bonchev–Trinajstić information content (AvgIpc) is 2.92. The van der Waals surface area contributed by atoms with Crippen LogP contribution in [0.3, 0.4) is 0 Å². The maximum atomic E-state index is 5.76. The summed E-state index contributed by atoms with van der Waals surface area (Å²) in [4.78, 5) is 6.63. The van der Waals surface area contributed by atoms with Crippen molar-refractivity contribution in [2.45, 2.75) is 6.61 Å². The predicted octanol–water partition coefficient (Wildman–Crippen LogP) is 1.41. The fourth-order valence-electron chi connectivity index (χ4n) is 2.36. The number of aromatic nitrogens is 2. The van der Waals surface area contributed by atoms with Gasteiger partial charge in [0.05, 0.1) is 0 Å². The molecule has 1 fully saturated rings. The zero-order valence-electron chi connectivity index (χ0n) is 11.7. The third-order valence-corrected chi connectivity index (χ3v) is 3.61. The smallest absolute Gasteiger partial charge is 0.146 e. The van der Waals surface area contributed by atoms with Gasteiger partial charge in [0.15, 0.2) is 0 Å². The van der Waals surface area contributed by atoms with E-state index in [-0.39, 0.29) is 0 Å². The third-order valence-electron chi connectivity index (χ3n) is 3.61. The Bertz CT molecular complexity index is 543. The summed E-state index contributed by atoms with van der Waals surface area (Å²) in [5.41, 5.74) is 1.26. The van der Waals surface area contributed by atoms with E-state index in [1.54, 1.807) is 6.20 Å². The second kappa shape index (κ2) is 5.96. The second-order valence-corrected chi connectivity index (χ2v) is 4.97. The normalized spacial score (nSPS) is 15.3. The Hall–Kier alpha value is -2.01. The van der Waals surface area contributed by atoms with E-state index in [4.69, 9.17) is 4.74 Å². The van der Waals surface area contributed by atoms with Gasteiger partial charge in [-0.25, -0.2) is 4.98 Å². The fourth-order valence-corrected chi connectivity index (χ4v) is 2.36. The maximum absolute atomic E-state index is 5.76. The molecule has 2 aromatic rings. The van der Waals surface area contributed by atoms with Crippen LogP contribution in [0.2, 0.25) is 0 Å². The number of ether oxygens (including phenoxy) is 1. The van der Waals surface area contributed by atoms with Gasteiger partial charge in [0.25, 0.3) is 0 Å². The van der Waals surface area contributed by atoms with Crippen molar-refractivity contribution < 1.29 is 4.74 Å². The Kier molecular flexibility index (Phi) is 3.87. The Morgan fingerprint density at radius 3 is 2.60 bits per heavy atom. The lowest BCUT2D eigenvalue weighted by atomic mass is 10.2. The average molecular weight is 272 g/mol. The standard InChI is InChI=1S/C15H20N4O/c1-18-9-8-17-15(18)12-20-14-4-2-13(3-5-14)19-10-6-16-7-11-19/h2-5,8-9,16H,6-7,10-12H2,1H3. The minimum atomic E-state index is 0.497. The number of rotatable bonds is 4. The van der Waals surface area contributed by atoms with E-state index in [2.05, 4.69) is 27.3 Å². The van der Waals surface area contributed by atoms with Crippen LogP contribution < -0.4 is 15.0 Å². The zero-order chi connectivity index (χ0) is 13.8. The van der Waals surface area contributed by atoms with Crippen molar-refractivity contribution in [1.29, 1.82) is 0 Å². The van der Waals surface area contributed by atoms with Crippen molar-refractivity contribution >= 4 is 5.69 Å². The number of hydrogen-bond donors (Lipinski definition) is 1. The first-order chi connectivity index (χ1) is 9.83. The molecule has 0 radical (unpaired) electrons. The molecule has 1 N–H and O–H groups in total. The molecule has 0 aliphatic carbocycles. The lowest BCUT2D eigenvalue weighted by molar-refractivity contribution is 0.292. The molecule has 5 nitrogen and oxygen atoms in total. The van der Waals surface area contributed by atoms with Crippen LogP contribution in [0.5, 0.6) is 5.75 Å². The number of aryl methyl sites for hydroxylation is 1. The topological polar surface area (TPSA) is 42.3 Å². The fraction of sp³-hybridized carbons (Fsp3) is 0.400. The molecule has 1 aromatic heterocycles. The highest BCUT2D eigenvalue weighted by Crippen LogP contribution is 2.20. The summed E-state index contributed by atoms with van der Waals surface area (Å²) >= 11 is 0. The minimum Gasteiger partial charge on any atom is -0.486 e. The lowest BCUT2D eigenvalue weighted by Crippen LogP contribution is -2.43. The molecular weight excluding hydrogens is 252 g/mol. The number of hydrogen-bond acceptors (Lipinski definition) is 4. The maximum Gasteiger partial charge on any atom is 0.146 e. The molecule has 5 heteroatoms. The van der Waals surface area contributed by atoms with Crippen LogP contribution in [0, 0.1) is 0 Å². The summed E-state index contributed by atoms with van der Waals surface area (Å²) in [5.74, 6) is 1.81. The zero-order valence-corrected chi connectivity index (χ0v) is 11.7. The molecule has 0 spiro atoms. The van der Waals surface area contributed by atoms with Crippen LogP contribution in [-0.2, 0) is 13.7 Å². The van der Waals surface area contributed by atoms with Crippen LogP contribution in [-0.4, -0.2) is 35.7 Å². The molecule has 106 valence electrons. The van der Waals surface area contributed by atoms with Gasteiger partial charge in [-0.15, -0.1) is 0 Å². The summed E-state index contributed by atoms with van der Waals surface area (Å²) < 4.78 is 7.73. The Labute approximate surface area is 119 Å². The molecule has 20 heavy (non-hydrogen) atoms. The number of piperazine rings is 1. The molecule has 0 unspecified atom stereocenters. The van der Waals surface area contributed by atoms with Crippen molar-refractivity contribution in [3.05, 3.63) is 42.5 Å². The summed E-state index contributed by atoms with van der Waals surface area (Å²) in [5, 5.41) is 3.36. The molecule has 0 saturated carbocycles. The SMILES string of the molecule is Cn1ccnc1COc1ccc(N2CCNCC2)cc1. The van der Waals surface area contributed by atoms with Crippen LogP contribution in [0.15, 0.2) is 36.7 Å². The van der Waals surface area contributed by atoms with Crippen molar-refractivity contribution in [1.82, 2.24) is 14.9 Å². The van der Waals surface area contributed by atoms with E-state index in [1.165, 1.54) is 5.69 Å². The predicted molar refractivity (Wildman–Crippen MR) is 79.1 cm³/mol. The van der Waals surface area contributed by atoms with Crippen molar-refractivity contribution in [3.8, 4) is 5.75 Å². The van der Waals surface area contributed by atoms with E-state index in [0.29, 0.717) is 6.61 Å². The van der Waals surface area contributed by atoms with E-state index in [1.807, 2.05) is 29.9 Å². The quantitative estimate of drug-likeness (QED) is 0.914. The van der Waals surface area contributed by atoms with E-state index in [9.17, 15) is 0 Å². The van der Waals surface area contributed by atoms with Gasteiger partial charge in [0.2, 0.25) is 0 Å². The van der Waals surface area contributed by atoms with Gasteiger partial charge in [-0.3, -0.25) is 0 Å². The van der Waals surface area contributed by atoms with E-state index < -0.39 is 0 Å². The van der Waals surface area contributed by atoms with Crippen LogP contribution in [0.4, 0.5) is 5.69 Å². The summed E-state index contributed by atoms with van der Waals surface area (Å²) in [6, 6.07) is 8.30. The Balaban J connectivity index is 1.59. The number of benzene rings is 1. The molecule has 1 aromatic carbocycles. The van der Waals surface area contributed by atoms with Crippen molar-refractivity contribution in [2.24, 2.45) is 7.05 Å². The monoisotopic (exact) mass is 272 g/mol. The third kappa shape index (κ3) is 2.93. The highest BCUT2D eigenvalue weighted by molar-refractivity contribution is 5.49. The first-order valence-corrected chi connectivity index (χ1v) is 6.98. The largest absolute Gasteiger partial charge is 0.486 e. The number of anilines is 1. The van der Waals surface area contributed by atoms with Gasteiger partial charge in [-0.1, -0.05) is 0 Å². The Morgan fingerprint density at radius 1 is 1.20 bits per heavy atom. The van der Waals surface area contributed by atoms with E-state index >= 15 is 0 Å². The first kappa shape index (κ1) is 13.0.